The molecule has 0 spiro atoms. The predicted molar refractivity (Wildman–Crippen MR) is 60.5 cm³/mol. The summed E-state index contributed by atoms with van der Waals surface area (Å²) < 4.78 is 5.82. The fourth-order valence-corrected chi connectivity index (χ4v) is 2.04. The molecule has 0 saturated heterocycles. The summed E-state index contributed by atoms with van der Waals surface area (Å²) in [6, 6.07) is 0.781. The molecule has 0 amide bonds. The second kappa shape index (κ2) is 4.63. The van der Waals surface area contributed by atoms with E-state index in [9.17, 15) is 0 Å². The maximum Gasteiger partial charge on any atom is 0.0598 e. The number of rotatable bonds is 3. The molecule has 1 aliphatic carbocycles. The summed E-state index contributed by atoms with van der Waals surface area (Å²) in [4.78, 5) is 2.34. The van der Waals surface area contributed by atoms with Crippen LogP contribution in [0.25, 0.3) is 0 Å². The van der Waals surface area contributed by atoms with Gasteiger partial charge in [-0.1, -0.05) is 0 Å². The fraction of sp³-hybridized carbons (Fsp3) is 1.00. The van der Waals surface area contributed by atoms with Crippen molar-refractivity contribution in [3.63, 3.8) is 0 Å². The number of hydrogen-bond acceptors (Lipinski definition) is 2. The molecule has 0 aromatic heterocycles. The van der Waals surface area contributed by atoms with Crippen LogP contribution in [0.2, 0.25) is 0 Å². The first-order valence-electron chi connectivity index (χ1n) is 5.69. The highest BCUT2D eigenvalue weighted by molar-refractivity contribution is 4.80. The van der Waals surface area contributed by atoms with Crippen LogP contribution in [0.4, 0.5) is 0 Å². The van der Waals surface area contributed by atoms with Crippen molar-refractivity contribution < 1.29 is 4.74 Å². The van der Waals surface area contributed by atoms with E-state index in [0.29, 0.717) is 0 Å². The molecule has 0 heterocycles. The summed E-state index contributed by atoms with van der Waals surface area (Å²) >= 11 is 0. The van der Waals surface area contributed by atoms with Gasteiger partial charge in [-0.2, -0.15) is 0 Å². The normalized spacial score (nSPS) is 28.7. The molecule has 0 unspecified atom stereocenters. The molecule has 2 atom stereocenters. The molecule has 84 valence electrons. The maximum atomic E-state index is 5.82. The summed E-state index contributed by atoms with van der Waals surface area (Å²) in [5, 5.41) is 0. The van der Waals surface area contributed by atoms with Crippen LogP contribution in [-0.2, 0) is 4.74 Å². The van der Waals surface area contributed by atoms with Crippen LogP contribution in [0.15, 0.2) is 0 Å². The van der Waals surface area contributed by atoms with Crippen LogP contribution in [0.3, 0.4) is 0 Å². The number of hydrogen-bond donors (Lipinski definition) is 0. The van der Waals surface area contributed by atoms with Crippen LogP contribution in [-0.4, -0.2) is 37.2 Å². The van der Waals surface area contributed by atoms with Crippen LogP contribution < -0.4 is 0 Å². The Balaban J connectivity index is 2.23. The molecule has 1 rings (SSSR count). The van der Waals surface area contributed by atoms with Crippen molar-refractivity contribution in [1.82, 2.24) is 4.90 Å². The second-order valence-corrected chi connectivity index (χ2v) is 5.72. The Morgan fingerprint density at radius 3 is 2.29 bits per heavy atom. The van der Waals surface area contributed by atoms with Crippen molar-refractivity contribution >= 4 is 0 Å². The Morgan fingerprint density at radius 1 is 1.21 bits per heavy atom. The van der Waals surface area contributed by atoms with Gasteiger partial charge in [0.1, 0.15) is 0 Å². The predicted octanol–water partition coefficient (Wildman–Crippen LogP) is 2.53. The van der Waals surface area contributed by atoms with Crippen LogP contribution in [0.5, 0.6) is 0 Å². The standard InChI is InChI=1S/C12H25NO/c1-12(2,3)14-9-10-6-7-11(8-10)13(4)5/h10-11H,6-9H2,1-5H3/t10-,11-/m0/s1. The lowest BCUT2D eigenvalue weighted by molar-refractivity contribution is -0.0218. The quantitative estimate of drug-likeness (QED) is 0.692. The van der Waals surface area contributed by atoms with Crippen molar-refractivity contribution in [2.75, 3.05) is 20.7 Å². The largest absolute Gasteiger partial charge is 0.376 e. The molecular weight excluding hydrogens is 174 g/mol. The van der Waals surface area contributed by atoms with Gasteiger partial charge in [0.25, 0.3) is 0 Å². The first kappa shape index (κ1) is 12.0. The molecule has 14 heavy (non-hydrogen) atoms. The van der Waals surface area contributed by atoms with Gasteiger partial charge in [0.15, 0.2) is 0 Å². The zero-order valence-electron chi connectivity index (χ0n) is 10.3. The van der Waals surface area contributed by atoms with Crippen LogP contribution in [0, 0.1) is 5.92 Å². The third-order valence-corrected chi connectivity index (χ3v) is 3.00. The average Bonchev–Trinajstić information content (AvgIpc) is 2.47. The zero-order chi connectivity index (χ0) is 10.8. The van der Waals surface area contributed by atoms with E-state index in [2.05, 4.69) is 39.8 Å². The van der Waals surface area contributed by atoms with Gasteiger partial charge in [-0.25, -0.2) is 0 Å². The average molecular weight is 199 g/mol. The number of ether oxygens (including phenoxy) is 1. The van der Waals surface area contributed by atoms with Crippen LogP contribution in [0.1, 0.15) is 40.0 Å². The summed E-state index contributed by atoms with van der Waals surface area (Å²) in [5.74, 6) is 0.779. The van der Waals surface area contributed by atoms with Gasteiger partial charge in [0.2, 0.25) is 0 Å². The van der Waals surface area contributed by atoms with E-state index in [0.717, 1.165) is 18.6 Å². The molecule has 0 aliphatic heterocycles. The van der Waals surface area contributed by atoms with E-state index in [1.54, 1.807) is 0 Å². The SMILES string of the molecule is CN(C)[C@H]1CC[C@H](COC(C)(C)C)C1. The highest BCUT2D eigenvalue weighted by Crippen LogP contribution is 2.29. The van der Waals surface area contributed by atoms with E-state index < -0.39 is 0 Å². The third-order valence-electron chi connectivity index (χ3n) is 3.00. The highest BCUT2D eigenvalue weighted by atomic mass is 16.5. The minimum absolute atomic E-state index is 0.0240. The van der Waals surface area contributed by atoms with E-state index in [1.807, 2.05) is 0 Å². The summed E-state index contributed by atoms with van der Waals surface area (Å²) in [5.41, 5.74) is 0.0240. The fourth-order valence-electron chi connectivity index (χ4n) is 2.04. The molecule has 2 nitrogen and oxygen atoms in total. The zero-order valence-corrected chi connectivity index (χ0v) is 10.3. The third kappa shape index (κ3) is 3.97. The second-order valence-electron chi connectivity index (χ2n) is 5.72. The Hall–Kier alpha value is -0.0800. The monoisotopic (exact) mass is 199 g/mol. The summed E-state index contributed by atoms with van der Waals surface area (Å²) in [6.45, 7) is 7.33. The molecule has 1 fully saturated rings. The van der Waals surface area contributed by atoms with Crippen molar-refractivity contribution in [2.24, 2.45) is 5.92 Å². The van der Waals surface area contributed by atoms with Gasteiger partial charge in [-0.15, -0.1) is 0 Å². The van der Waals surface area contributed by atoms with Gasteiger partial charge in [0, 0.05) is 6.04 Å². The highest BCUT2D eigenvalue weighted by Gasteiger charge is 2.27. The molecule has 0 radical (unpaired) electrons. The minimum atomic E-state index is 0.0240. The first-order valence-corrected chi connectivity index (χ1v) is 5.69. The van der Waals surface area contributed by atoms with Gasteiger partial charge in [0.05, 0.1) is 12.2 Å². The van der Waals surface area contributed by atoms with Crippen molar-refractivity contribution in [1.29, 1.82) is 0 Å². The first-order chi connectivity index (χ1) is 6.38. The summed E-state index contributed by atoms with van der Waals surface area (Å²) in [6.07, 6.45) is 3.98. The molecule has 1 aliphatic rings. The van der Waals surface area contributed by atoms with Crippen molar-refractivity contribution in [3.8, 4) is 0 Å². The van der Waals surface area contributed by atoms with Crippen molar-refractivity contribution in [3.05, 3.63) is 0 Å². The molecule has 0 bridgehead atoms. The smallest absolute Gasteiger partial charge is 0.0598 e. The number of nitrogens with zero attached hydrogens (tertiary/aromatic N) is 1. The molecule has 0 N–H and O–H groups in total. The van der Waals surface area contributed by atoms with Crippen molar-refractivity contribution in [2.45, 2.75) is 51.7 Å². The molecule has 0 aromatic rings. The van der Waals surface area contributed by atoms with Gasteiger partial charge in [-0.3, -0.25) is 0 Å². The van der Waals surface area contributed by atoms with Gasteiger partial charge >= 0.3 is 0 Å². The molecule has 0 aromatic carbocycles. The van der Waals surface area contributed by atoms with Gasteiger partial charge < -0.3 is 9.64 Å². The lowest BCUT2D eigenvalue weighted by Gasteiger charge is -2.23. The van der Waals surface area contributed by atoms with Gasteiger partial charge in [-0.05, 0) is 60.0 Å². The Bertz CT molecular complexity index is 172. The molecule has 1 saturated carbocycles. The Kier molecular flexibility index (Phi) is 3.96. The maximum absolute atomic E-state index is 5.82. The molecular formula is C12H25NO. The van der Waals surface area contributed by atoms with E-state index in [4.69, 9.17) is 4.74 Å². The van der Waals surface area contributed by atoms with E-state index in [-0.39, 0.29) is 5.60 Å². The minimum Gasteiger partial charge on any atom is -0.376 e. The lowest BCUT2D eigenvalue weighted by atomic mass is 10.1. The van der Waals surface area contributed by atoms with Crippen LogP contribution >= 0.6 is 0 Å². The lowest BCUT2D eigenvalue weighted by Crippen LogP contribution is -2.26. The summed E-state index contributed by atoms with van der Waals surface area (Å²) in [7, 11) is 4.36. The van der Waals surface area contributed by atoms with E-state index >= 15 is 0 Å². The van der Waals surface area contributed by atoms with E-state index in [1.165, 1.54) is 19.3 Å². The Morgan fingerprint density at radius 2 is 1.86 bits per heavy atom. The molecule has 2 heteroatoms. The topological polar surface area (TPSA) is 12.5 Å². The Labute approximate surface area is 88.6 Å².